The summed E-state index contributed by atoms with van der Waals surface area (Å²) >= 11 is 14.7. The lowest BCUT2D eigenvalue weighted by atomic mass is 9.90. The van der Waals surface area contributed by atoms with Gasteiger partial charge in [-0.05, 0) is 54.5 Å². The Morgan fingerprint density at radius 2 is 1.93 bits per heavy atom. The first-order valence-electron chi connectivity index (χ1n) is 14.1. The van der Waals surface area contributed by atoms with Crippen molar-refractivity contribution in [3.63, 3.8) is 0 Å². The molecular weight excluding hydrogens is 621 g/mol. The number of hydrogen-bond donors (Lipinski definition) is 0. The number of halogens is 4. The minimum atomic E-state index is -3.04. The van der Waals surface area contributed by atoms with Gasteiger partial charge in [-0.2, -0.15) is 8.78 Å². The fourth-order valence-corrected chi connectivity index (χ4v) is 6.73. The first-order chi connectivity index (χ1) is 20.6. The van der Waals surface area contributed by atoms with Crippen molar-refractivity contribution < 1.29 is 32.6 Å². The SMILES string of the molecule is CC1(Cl)CN=CC(Cl)=C1C[C@H](OC(=O)[C@@H]1SCCN1C(=O)Cc1ccccc1)c1ccc(OC(F)F)c(OCC2CC2)c1. The lowest BCUT2D eigenvalue weighted by Crippen LogP contribution is -2.41. The third-order valence-electron chi connectivity index (χ3n) is 7.50. The lowest BCUT2D eigenvalue weighted by Gasteiger charge is -2.31. The van der Waals surface area contributed by atoms with E-state index in [1.165, 1.54) is 28.9 Å². The van der Waals surface area contributed by atoms with Crippen molar-refractivity contribution in [2.75, 3.05) is 25.4 Å². The van der Waals surface area contributed by atoms with Crippen LogP contribution in [0.5, 0.6) is 11.5 Å². The number of dihydropyridines is 1. The van der Waals surface area contributed by atoms with Gasteiger partial charge in [-0.25, -0.2) is 4.79 Å². The molecule has 1 aliphatic carbocycles. The van der Waals surface area contributed by atoms with Crippen molar-refractivity contribution in [2.24, 2.45) is 10.9 Å². The molecule has 3 atom stereocenters. The van der Waals surface area contributed by atoms with Gasteiger partial charge in [0.1, 0.15) is 6.10 Å². The number of hydrogen-bond acceptors (Lipinski definition) is 7. The van der Waals surface area contributed by atoms with E-state index < -0.39 is 28.9 Å². The predicted octanol–water partition coefficient (Wildman–Crippen LogP) is 6.77. The Balaban J connectivity index is 1.42. The van der Waals surface area contributed by atoms with Crippen molar-refractivity contribution >= 4 is 53.1 Å². The number of ether oxygens (including phenoxy) is 3. The number of aliphatic imine (C=N–C) groups is 1. The van der Waals surface area contributed by atoms with Crippen LogP contribution in [0.2, 0.25) is 0 Å². The van der Waals surface area contributed by atoms with Crippen LogP contribution in [-0.2, 0) is 20.7 Å². The standard InChI is InChI=1S/C31H32Cl2F2N2O5S/c1-31(33)18-36-16-23(32)22(31)15-25(21-9-10-24(42-30(34)35)26(14-21)40-17-20-7-8-20)41-29(39)28-37(11-12-43-28)27(38)13-19-5-3-2-4-6-19/h2-6,9-10,14,16,20,25,28,30H,7-8,11-13,15,17-18H2,1H3/t25-,28-,31?/m0/s1. The van der Waals surface area contributed by atoms with Gasteiger partial charge in [-0.3, -0.25) is 9.79 Å². The fraction of sp³-hybridized carbons (Fsp3) is 0.452. The Labute approximate surface area is 263 Å². The maximum Gasteiger partial charge on any atom is 0.387 e. The molecule has 2 aromatic rings. The second-order valence-corrected chi connectivity index (χ2v) is 13.4. The highest BCUT2D eigenvalue weighted by Crippen LogP contribution is 2.42. The number of allylic oxidation sites excluding steroid dienone is 1. The third-order valence-corrected chi connectivity index (χ3v) is 9.35. The van der Waals surface area contributed by atoms with E-state index in [0.717, 1.165) is 18.4 Å². The van der Waals surface area contributed by atoms with Crippen LogP contribution >= 0.6 is 35.0 Å². The number of carbonyl (C=O) groups excluding carboxylic acids is 2. The summed E-state index contributed by atoms with van der Waals surface area (Å²) in [6, 6.07) is 13.8. The molecular formula is C31H32Cl2F2N2O5S. The Hall–Kier alpha value is -2.82. The van der Waals surface area contributed by atoms with Crippen LogP contribution in [0.4, 0.5) is 8.78 Å². The molecule has 5 rings (SSSR count). The number of esters is 1. The highest BCUT2D eigenvalue weighted by Gasteiger charge is 2.39. The summed E-state index contributed by atoms with van der Waals surface area (Å²) < 4.78 is 43.0. The summed E-state index contributed by atoms with van der Waals surface area (Å²) in [6.07, 6.45) is 2.88. The molecule has 2 fully saturated rings. The Morgan fingerprint density at radius 1 is 1.16 bits per heavy atom. The predicted molar refractivity (Wildman–Crippen MR) is 163 cm³/mol. The van der Waals surface area contributed by atoms with Gasteiger partial charge in [-0.15, -0.1) is 23.4 Å². The van der Waals surface area contributed by atoms with E-state index in [2.05, 4.69) is 4.99 Å². The molecule has 1 amide bonds. The van der Waals surface area contributed by atoms with Gasteiger partial charge < -0.3 is 19.1 Å². The van der Waals surface area contributed by atoms with E-state index in [-0.39, 0.29) is 36.8 Å². The van der Waals surface area contributed by atoms with Crippen molar-refractivity contribution in [1.29, 1.82) is 0 Å². The molecule has 0 radical (unpaired) electrons. The van der Waals surface area contributed by atoms with Crippen LogP contribution in [-0.4, -0.2) is 65.3 Å². The van der Waals surface area contributed by atoms with E-state index in [1.807, 2.05) is 30.3 Å². The van der Waals surface area contributed by atoms with E-state index in [9.17, 15) is 18.4 Å². The molecule has 0 N–H and O–H groups in total. The quantitative estimate of drug-likeness (QED) is 0.186. The van der Waals surface area contributed by atoms with Crippen molar-refractivity contribution in [3.8, 4) is 11.5 Å². The minimum Gasteiger partial charge on any atom is -0.489 e. The number of amides is 1. The summed E-state index contributed by atoms with van der Waals surface area (Å²) in [5.74, 6) is 0.174. The molecule has 0 aromatic heterocycles. The first-order valence-corrected chi connectivity index (χ1v) is 15.9. The average Bonchev–Trinajstić information content (AvgIpc) is 3.66. The largest absolute Gasteiger partial charge is 0.489 e. The Morgan fingerprint density at radius 3 is 2.63 bits per heavy atom. The summed E-state index contributed by atoms with van der Waals surface area (Å²) in [7, 11) is 0. The van der Waals surface area contributed by atoms with Gasteiger partial charge in [0.15, 0.2) is 16.9 Å². The summed E-state index contributed by atoms with van der Waals surface area (Å²) in [5.41, 5.74) is 1.95. The molecule has 1 unspecified atom stereocenters. The number of alkyl halides is 3. The van der Waals surface area contributed by atoms with Gasteiger partial charge in [-0.1, -0.05) is 48.0 Å². The van der Waals surface area contributed by atoms with Crippen LogP contribution in [0.3, 0.4) is 0 Å². The highest BCUT2D eigenvalue weighted by molar-refractivity contribution is 8.00. The third kappa shape index (κ3) is 8.22. The smallest absolute Gasteiger partial charge is 0.387 e. The Bertz CT molecular complexity index is 1390. The number of benzene rings is 2. The van der Waals surface area contributed by atoms with Crippen LogP contribution in [0.25, 0.3) is 0 Å². The van der Waals surface area contributed by atoms with Gasteiger partial charge in [0.2, 0.25) is 5.91 Å². The molecule has 230 valence electrons. The highest BCUT2D eigenvalue weighted by atomic mass is 35.5. The zero-order valence-electron chi connectivity index (χ0n) is 23.5. The molecule has 2 heterocycles. The van der Waals surface area contributed by atoms with Crippen molar-refractivity contribution in [2.45, 2.75) is 55.6 Å². The monoisotopic (exact) mass is 652 g/mol. The fourth-order valence-electron chi connectivity index (χ4n) is 4.96. The average molecular weight is 654 g/mol. The van der Waals surface area contributed by atoms with Crippen molar-refractivity contribution in [3.05, 3.63) is 70.3 Å². The number of rotatable bonds is 12. The molecule has 0 bridgehead atoms. The normalized spacial score (nSPS) is 22.6. The van der Waals surface area contributed by atoms with Gasteiger partial charge in [0.25, 0.3) is 0 Å². The van der Waals surface area contributed by atoms with E-state index in [0.29, 0.717) is 41.0 Å². The zero-order valence-corrected chi connectivity index (χ0v) is 25.8. The summed E-state index contributed by atoms with van der Waals surface area (Å²) in [4.78, 5) is 31.7. The van der Waals surface area contributed by atoms with Crippen LogP contribution < -0.4 is 9.47 Å². The summed E-state index contributed by atoms with van der Waals surface area (Å²) in [5, 5.41) is -0.506. The Kier molecular flexibility index (Phi) is 10.2. The first kappa shape index (κ1) is 31.6. The van der Waals surface area contributed by atoms with Crippen LogP contribution in [0, 0.1) is 5.92 Å². The van der Waals surface area contributed by atoms with Crippen LogP contribution in [0.1, 0.15) is 43.4 Å². The molecule has 2 aromatic carbocycles. The van der Waals surface area contributed by atoms with E-state index in [4.69, 9.17) is 37.4 Å². The topological polar surface area (TPSA) is 77.4 Å². The van der Waals surface area contributed by atoms with E-state index in [1.54, 1.807) is 19.1 Å². The molecule has 2 aliphatic heterocycles. The number of nitrogens with zero attached hydrogens (tertiary/aromatic N) is 2. The minimum absolute atomic E-state index is 0.113. The molecule has 1 saturated carbocycles. The second kappa shape index (κ2) is 13.9. The molecule has 12 heteroatoms. The van der Waals surface area contributed by atoms with Gasteiger partial charge in [0, 0.05) is 24.9 Å². The van der Waals surface area contributed by atoms with E-state index >= 15 is 0 Å². The number of thioether (sulfide) groups is 1. The molecule has 0 spiro atoms. The maximum atomic E-state index is 13.7. The number of carbonyl (C=O) groups is 2. The second-order valence-electron chi connectivity index (χ2n) is 10.9. The van der Waals surface area contributed by atoms with Crippen molar-refractivity contribution in [1.82, 2.24) is 4.90 Å². The lowest BCUT2D eigenvalue weighted by molar-refractivity contribution is -0.155. The molecule has 7 nitrogen and oxygen atoms in total. The molecule has 43 heavy (non-hydrogen) atoms. The zero-order chi connectivity index (χ0) is 30.6. The molecule has 1 saturated heterocycles. The van der Waals surface area contributed by atoms with Gasteiger partial charge >= 0.3 is 12.6 Å². The summed E-state index contributed by atoms with van der Waals surface area (Å²) in [6.45, 7) is -0.214. The van der Waals surface area contributed by atoms with Gasteiger partial charge in [0.05, 0.1) is 29.5 Å². The van der Waals surface area contributed by atoms with Crippen LogP contribution in [0.15, 0.2) is 64.1 Å². The molecule has 3 aliphatic rings. The maximum absolute atomic E-state index is 13.7.